The third kappa shape index (κ3) is 1.26. The first-order chi connectivity index (χ1) is 5.10. The van der Waals surface area contributed by atoms with Gasteiger partial charge in [0.05, 0.1) is 6.61 Å². The number of carbonyl (C=O) groups excluding carboxylic acids is 2. The minimum absolute atomic E-state index is 0.0739. The molecule has 11 heavy (non-hydrogen) atoms. The zero-order chi connectivity index (χ0) is 8.48. The van der Waals surface area contributed by atoms with Crippen LogP contribution >= 0.6 is 0 Å². The van der Waals surface area contributed by atoms with Gasteiger partial charge in [-0.1, -0.05) is 0 Å². The summed E-state index contributed by atoms with van der Waals surface area (Å²) in [6.45, 7) is 1.05. The van der Waals surface area contributed by atoms with Gasteiger partial charge in [-0.2, -0.15) is 0 Å². The molecule has 0 heterocycles. The molecule has 1 aliphatic rings. The number of rotatable bonds is 2. The molecule has 4 nitrogen and oxygen atoms in total. The van der Waals surface area contributed by atoms with Crippen LogP contribution in [0, 0.1) is 0 Å². The summed E-state index contributed by atoms with van der Waals surface area (Å²) in [4.78, 5) is 21.5. The number of hydrogen-bond acceptors (Lipinski definition) is 3. The fourth-order valence-corrected chi connectivity index (χ4v) is 1.20. The minimum atomic E-state index is -0.939. The molecule has 0 bridgehead atoms. The molecule has 1 amide bonds. The van der Waals surface area contributed by atoms with E-state index in [1.54, 1.807) is 0 Å². The quantitative estimate of drug-likeness (QED) is 0.552. The smallest absolute Gasteiger partial charge is 0.217 e. The Morgan fingerprint density at radius 1 is 1.82 bits per heavy atom. The molecule has 1 saturated carbocycles. The lowest BCUT2D eigenvalue weighted by atomic mass is 9.76. The van der Waals surface area contributed by atoms with Crippen LogP contribution in [0.4, 0.5) is 0 Å². The summed E-state index contributed by atoms with van der Waals surface area (Å²) in [7, 11) is 0. The van der Waals surface area contributed by atoms with Crippen LogP contribution in [-0.4, -0.2) is 28.9 Å². The van der Waals surface area contributed by atoms with Gasteiger partial charge in [0, 0.05) is 13.3 Å². The predicted octanol–water partition coefficient (Wildman–Crippen LogP) is -0.784. The number of amides is 1. The molecule has 1 fully saturated rings. The Morgan fingerprint density at radius 3 is 2.55 bits per heavy atom. The van der Waals surface area contributed by atoms with E-state index in [9.17, 15) is 9.59 Å². The minimum Gasteiger partial charge on any atom is -0.393 e. The SMILES string of the molecule is CC(=O)NC1(CO)CCC1=O. The summed E-state index contributed by atoms with van der Waals surface area (Å²) in [5.41, 5.74) is -0.939. The maximum atomic E-state index is 10.9. The first kappa shape index (κ1) is 8.20. The summed E-state index contributed by atoms with van der Waals surface area (Å²) in [5.74, 6) is -0.345. The maximum absolute atomic E-state index is 10.9. The van der Waals surface area contributed by atoms with E-state index < -0.39 is 5.54 Å². The molecule has 0 aromatic carbocycles. The van der Waals surface area contributed by atoms with E-state index in [-0.39, 0.29) is 18.3 Å². The summed E-state index contributed by atoms with van der Waals surface area (Å²) in [6, 6.07) is 0. The van der Waals surface area contributed by atoms with Crippen molar-refractivity contribution in [3.8, 4) is 0 Å². The zero-order valence-corrected chi connectivity index (χ0v) is 6.39. The van der Waals surface area contributed by atoms with Crippen LogP contribution < -0.4 is 5.32 Å². The highest BCUT2D eigenvalue weighted by Crippen LogP contribution is 2.26. The van der Waals surface area contributed by atoms with Crippen molar-refractivity contribution in [3.05, 3.63) is 0 Å². The number of aliphatic hydroxyl groups is 1. The Morgan fingerprint density at radius 2 is 2.45 bits per heavy atom. The number of ketones is 1. The topological polar surface area (TPSA) is 66.4 Å². The molecular weight excluding hydrogens is 146 g/mol. The van der Waals surface area contributed by atoms with Gasteiger partial charge in [0.1, 0.15) is 5.54 Å². The van der Waals surface area contributed by atoms with Crippen LogP contribution in [0.15, 0.2) is 0 Å². The van der Waals surface area contributed by atoms with Crippen molar-refractivity contribution in [3.63, 3.8) is 0 Å². The number of nitrogens with one attached hydrogen (secondary N) is 1. The van der Waals surface area contributed by atoms with Crippen molar-refractivity contribution >= 4 is 11.7 Å². The second-order valence-corrected chi connectivity index (χ2v) is 2.84. The molecule has 0 aliphatic heterocycles. The highest BCUT2D eigenvalue weighted by molar-refractivity contribution is 5.97. The Labute approximate surface area is 64.6 Å². The number of carbonyl (C=O) groups is 2. The largest absolute Gasteiger partial charge is 0.393 e. The van der Waals surface area contributed by atoms with Crippen molar-refractivity contribution < 1.29 is 14.7 Å². The Bertz CT molecular complexity index is 198. The average molecular weight is 157 g/mol. The fraction of sp³-hybridized carbons (Fsp3) is 0.714. The lowest BCUT2D eigenvalue weighted by Gasteiger charge is -2.38. The molecule has 0 saturated heterocycles. The van der Waals surface area contributed by atoms with Gasteiger partial charge in [0.25, 0.3) is 0 Å². The highest BCUT2D eigenvalue weighted by atomic mass is 16.3. The first-order valence-electron chi connectivity index (χ1n) is 3.54. The number of Topliss-reactive ketones (excluding diaryl/α,β-unsaturated/α-hetero) is 1. The predicted molar refractivity (Wildman–Crippen MR) is 37.9 cm³/mol. The average Bonchev–Trinajstić information content (AvgIpc) is 1.96. The molecular formula is C7H11NO3. The second kappa shape index (κ2) is 2.62. The van der Waals surface area contributed by atoms with Crippen LogP contribution in [0.5, 0.6) is 0 Å². The maximum Gasteiger partial charge on any atom is 0.217 e. The van der Waals surface area contributed by atoms with Crippen molar-refractivity contribution in [2.45, 2.75) is 25.3 Å². The third-order valence-corrected chi connectivity index (χ3v) is 2.00. The van der Waals surface area contributed by atoms with Crippen molar-refractivity contribution in [1.82, 2.24) is 5.32 Å². The molecule has 1 rings (SSSR count). The number of aliphatic hydroxyl groups excluding tert-OH is 1. The fourth-order valence-electron chi connectivity index (χ4n) is 1.20. The summed E-state index contributed by atoms with van der Waals surface area (Å²) in [6.07, 6.45) is 1.02. The van der Waals surface area contributed by atoms with E-state index in [1.165, 1.54) is 6.92 Å². The molecule has 0 radical (unpaired) electrons. The van der Waals surface area contributed by atoms with Crippen molar-refractivity contribution in [2.75, 3.05) is 6.61 Å². The van der Waals surface area contributed by atoms with Crippen molar-refractivity contribution in [1.29, 1.82) is 0 Å². The van der Waals surface area contributed by atoms with E-state index in [0.717, 1.165) is 0 Å². The lowest BCUT2D eigenvalue weighted by molar-refractivity contribution is -0.140. The third-order valence-electron chi connectivity index (χ3n) is 2.00. The van der Waals surface area contributed by atoms with Gasteiger partial charge in [-0.15, -0.1) is 0 Å². The Kier molecular flexibility index (Phi) is 1.95. The van der Waals surface area contributed by atoms with Gasteiger partial charge >= 0.3 is 0 Å². The van der Waals surface area contributed by atoms with E-state index in [1.807, 2.05) is 0 Å². The van der Waals surface area contributed by atoms with Crippen molar-refractivity contribution in [2.24, 2.45) is 0 Å². The Hall–Kier alpha value is -0.900. The van der Waals surface area contributed by atoms with Crippen LogP contribution in [0.25, 0.3) is 0 Å². The van der Waals surface area contributed by atoms with E-state index in [0.29, 0.717) is 12.8 Å². The molecule has 1 aliphatic carbocycles. The highest BCUT2D eigenvalue weighted by Gasteiger charge is 2.45. The van der Waals surface area contributed by atoms with Gasteiger partial charge in [-0.3, -0.25) is 9.59 Å². The second-order valence-electron chi connectivity index (χ2n) is 2.84. The molecule has 0 aromatic rings. The van der Waals surface area contributed by atoms with Gasteiger partial charge in [0.15, 0.2) is 5.78 Å². The standard InChI is InChI=1S/C7H11NO3/c1-5(10)8-7(4-9)3-2-6(7)11/h9H,2-4H2,1H3,(H,8,10). The molecule has 1 unspecified atom stereocenters. The van der Waals surface area contributed by atoms with Gasteiger partial charge < -0.3 is 10.4 Å². The summed E-state index contributed by atoms with van der Waals surface area (Å²) in [5, 5.41) is 11.3. The van der Waals surface area contributed by atoms with E-state index >= 15 is 0 Å². The molecule has 4 heteroatoms. The van der Waals surface area contributed by atoms with E-state index in [2.05, 4.69) is 5.32 Å². The van der Waals surface area contributed by atoms with Crippen LogP contribution in [0.3, 0.4) is 0 Å². The molecule has 2 N–H and O–H groups in total. The van der Waals surface area contributed by atoms with Crippen LogP contribution in [-0.2, 0) is 9.59 Å². The van der Waals surface area contributed by atoms with Gasteiger partial charge in [-0.05, 0) is 6.42 Å². The summed E-state index contributed by atoms with van der Waals surface area (Å²) >= 11 is 0. The first-order valence-corrected chi connectivity index (χ1v) is 3.54. The monoisotopic (exact) mass is 157 g/mol. The van der Waals surface area contributed by atoms with Crippen LogP contribution in [0.1, 0.15) is 19.8 Å². The van der Waals surface area contributed by atoms with Gasteiger partial charge in [0.2, 0.25) is 5.91 Å². The Balaban J connectivity index is 2.61. The molecule has 0 spiro atoms. The van der Waals surface area contributed by atoms with Crippen LogP contribution in [0.2, 0.25) is 0 Å². The normalized spacial score (nSPS) is 29.5. The van der Waals surface area contributed by atoms with E-state index in [4.69, 9.17) is 5.11 Å². The molecule has 1 atom stereocenters. The molecule has 0 aromatic heterocycles. The lowest BCUT2D eigenvalue weighted by Crippen LogP contribution is -2.62. The summed E-state index contributed by atoms with van der Waals surface area (Å²) < 4.78 is 0. The zero-order valence-electron chi connectivity index (χ0n) is 6.39. The molecule has 62 valence electrons. The van der Waals surface area contributed by atoms with Gasteiger partial charge in [-0.25, -0.2) is 0 Å². The number of hydrogen-bond donors (Lipinski definition) is 2.